The topological polar surface area (TPSA) is 62.7 Å². The molecule has 17 heavy (non-hydrogen) atoms. The van der Waals surface area contributed by atoms with E-state index in [1.807, 2.05) is 6.92 Å². The molecule has 1 aliphatic heterocycles. The van der Waals surface area contributed by atoms with Crippen molar-refractivity contribution in [3.63, 3.8) is 0 Å². The fourth-order valence-corrected chi connectivity index (χ4v) is 2.76. The minimum absolute atomic E-state index is 0.121. The van der Waals surface area contributed by atoms with Crippen LogP contribution in [0.1, 0.15) is 30.3 Å². The molecule has 1 aromatic rings. The van der Waals surface area contributed by atoms with Gasteiger partial charge in [-0.2, -0.15) is 0 Å². The van der Waals surface area contributed by atoms with Crippen LogP contribution in [0.15, 0.2) is 5.38 Å². The van der Waals surface area contributed by atoms with Crippen molar-refractivity contribution in [1.29, 1.82) is 0 Å². The molecule has 1 fully saturated rings. The van der Waals surface area contributed by atoms with Gasteiger partial charge in [0.15, 0.2) is 10.8 Å². The molecule has 5 nitrogen and oxygen atoms in total. The van der Waals surface area contributed by atoms with Crippen LogP contribution < -0.4 is 4.90 Å². The van der Waals surface area contributed by atoms with Crippen molar-refractivity contribution in [2.24, 2.45) is 0 Å². The molecular weight excluding hydrogens is 240 g/mol. The number of nitrogens with zero attached hydrogens (tertiary/aromatic N) is 2. The van der Waals surface area contributed by atoms with Gasteiger partial charge in [0.25, 0.3) is 0 Å². The number of ether oxygens (including phenoxy) is 1. The standard InChI is InChI=1S/C11H16N2O3S/c1-2-13(6-8-4-3-5-16-8)11-12-9(7-17-11)10(14)15/h7-8H,2-6H2,1H3,(H,14,15). The second-order valence-corrected chi connectivity index (χ2v) is 4.83. The molecule has 0 radical (unpaired) electrons. The van der Waals surface area contributed by atoms with E-state index in [4.69, 9.17) is 9.84 Å². The number of carboxylic acid groups (broad SMARTS) is 1. The zero-order chi connectivity index (χ0) is 12.3. The highest BCUT2D eigenvalue weighted by Gasteiger charge is 2.21. The normalized spacial score (nSPS) is 19.5. The van der Waals surface area contributed by atoms with Crippen LogP contribution in [0.2, 0.25) is 0 Å². The summed E-state index contributed by atoms with van der Waals surface area (Å²) in [5.74, 6) is -0.972. The Balaban J connectivity index is 2.02. The molecule has 2 heterocycles. The number of rotatable bonds is 5. The third-order valence-electron chi connectivity index (χ3n) is 2.81. The van der Waals surface area contributed by atoms with E-state index in [2.05, 4.69) is 9.88 Å². The summed E-state index contributed by atoms with van der Waals surface area (Å²) in [5, 5.41) is 11.2. The smallest absolute Gasteiger partial charge is 0.355 e. The van der Waals surface area contributed by atoms with Crippen LogP contribution in [0, 0.1) is 0 Å². The maximum absolute atomic E-state index is 10.8. The molecule has 0 aliphatic carbocycles. The van der Waals surface area contributed by atoms with E-state index in [-0.39, 0.29) is 11.8 Å². The summed E-state index contributed by atoms with van der Waals surface area (Å²) in [4.78, 5) is 17.0. The third-order valence-corrected chi connectivity index (χ3v) is 3.71. The van der Waals surface area contributed by atoms with Crippen molar-refractivity contribution in [1.82, 2.24) is 4.98 Å². The number of thiazole rings is 1. The predicted octanol–water partition coefficient (Wildman–Crippen LogP) is 1.85. The largest absolute Gasteiger partial charge is 0.476 e. The van der Waals surface area contributed by atoms with Crippen LogP contribution in [0.4, 0.5) is 5.13 Å². The van der Waals surface area contributed by atoms with Crippen LogP contribution in [0.5, 0.6) is 0 Å². The van der Waals surface area contributed by atoms with Crippen LogP contribution in [-0.4, -0.2) is 41.9 Å². The van der Waals surface area contributed by atoms with Gasteiger partial charge in [-0.15, -0.1) is 11.3 Å². The molecule has 0 spiro atoms. The Hall–Kier alpha value is -1.14. The SMILES string of the molecule is CCN(CC1CCCO1)c1nc(C(=O)O)cs1. The lowest BCUT2D eigenvalue weighted by molar-refractivity contribution is 0.0691. The van der Waals surface area contributed by atoms with E-state index >= 15 is 0 Å². The first-order valence-corrected chi connectivity index (χ1v) is 6.64. The number of carboxylic acids is 1. The van der Waals surface area contributed by atoms with Gasteiger partial charge in [-0.3, -0.25) is 0 Å². The number of aromatic nitrogens is 1. The van der Waals surface area contributed by atoms with Gasteiger partial charge >= 0.3 is 5.97 Å². The van der Waals surface area contributed by atoms with Gasteiger partial charge in [0, 0.05) is 25.1 Å². The van der Waals surface area contributed by atoms with Gasteiger partial charge in [0.1, 0.15) is 0 Å². The molecule has 2 rings (SSSR count). The molecule has 1 atom stereocenters. The molecule has 1 aromatic heterocycles. The highest BCUT2D eigenvalue weighted by molar-refractivity contribution is 7.13. The summed E-state index contributed by atoms with van der Waals surface area (Å²) in [7, 11) is 0. The fourth-order valence-electron chi connectivity index (χ4n) is 1.88. The van der Waals surface area contributed by atoms with Gasteiger partial charge in [-0.05, 0) is 19.8 Å². The Labute approximate surface area is 104 Å². The second kappa shape index (κ2) is 5.46. The van der Waals surface area contributed by atoms with Gasteiger partial charge < -0.3 is 14.7 Å². The van der Waals surface area contributed by atoms with E-state index in [0.29, 0.717) is 0 Å². The number of anilines is 1. The van der Waals surface area contributed by atoms with Gasteiger partial charge in [0.05, 0.1) is 6.10 Å². The first kappa shape index (κ1) is 12.3. The molecule has 94 valence electrons. The van der Waals surface area contributed by atoms with Crippen LogP contribution in [0.25, 0.3) is 0 Å². The lowest BCUT2D eigenvalue weighted by Gasteiger charge is -2.22. The van der Waals surface area contributed by atoms with Crippen molar-refractivity contribution >= 4 is 22.4 Å². The van der Waals surface area contributed by atoms with Crippen molar-refractivity contribution in [3.8, 4) is 0 Å². The quantitative estimate of drug-likeness (QED) is 0.871. The molecule has 0 saturated carbocycles. The molecule has 1 saturated heterocycles. The van der Waals surface area contributed by atoms with Gasteiger partial charge in [0.2, 0.25) is 0 Å². The Morgan fingerprint density at radius 3 is 3.12 bits per heavy atom. The van der Waals surface area contributed by atoms with Crippen molar-refractivity contribution in [2.45, 2.75) is 25.9 Å². The van der Waals surface area contributed by atoms with Crippen LogP contribution in [-0.2, 0) is 4.74 Å². The van der Waals surface area contributed by atoms with E-state index in [9.17, 15) is 4.79 Å². The molecule has 0 amide bonds. The number of aromatic carboxylic acids is 1. The van der Waals surface area contributed by atoms with Crippen molar-refractivity contribution in [3.05, 3.63) is 11.1 Å². The zero-order valence-corrected chi connectivity index (χ0v) is 10.6. The lowest BCUT2D eigenvalue weighted by atomic mass is 10.2. The van der Waals surface area contributed by atoms with Gasteiger partial charge in [-0.1, -0.05) is 0 Å². The molecule has 0 bridgehead atoms. The average Bonchev–Trinajstić information content (AvgIpc) is 2.96. The lowest BCUT2D eigenvalue weighted by Crippen LogP contribution is -2.32. The average molecular weight is 256 g/mol. The minimum Gasteiger partial charge on any atom is -0.476 e. The molecule has 6 heteroatoms. The molecular formula is C11H16N2O3S. The number of likely N-dealkylation sites (N-methyl/N-ethyl adjacent to an activating group) is 1. The summed E-state index contributed by atoms with van der Waals surface area (Å²) in [6.07, 6.45) is 2.45. The van der Waals surface area contributed by atoms with E-state index in [0.717, 1.165) is 37.7 Å². The summed E-state index contributed by atoms with van der Waals surface area (Å²) in [5.41, 5.74) is 0.121. The number of hydrogen-bond acceptors (Lipinski definition) is 5. The predicted molar refractivity (Wildman–Crippen MR) is 65.9 cm³/mol. The summed E-state index contributed by atoms with van der Waals surface area (Å²) in [6.45, 7) is 4.48. The second-order valence-electron chi connectivity index (χ2n) is 3.99. The van der Waals surface area contributed by atoms with Crippen molar-refractivity contribution < 1.29 is 14.6 Å². The summed E-state index contributed by atoms with van der Waals surface area (Å²) in [6, 6.07) is 0. The maximum Gasteiger partial charge on any atom is 0.355 e. The van der Waals surface area contributed by atoms with E-state index in [1.165, 1.54) is 11.3 Å². The highest BCUT2D eigenvalue weighted by atomic mass is 32.1. The Bertz CT molecular complexity index is 388. The van der Waals surface area contributed by atoms with E-state index < -0.39 is 5.97 Å². The zero-order valence-electron chi connectivity index (χ0n) is 9.76. The van der Waals surface area contributed by atoms with Gasteiger partial charge in [-0.25, -0.2) is 9.78 Å². The minimum atomic E-state index is -0.972. The van der Waals surface area contributed by atoms with E-state index in [1.54, 1.807) is 5.38 Å². The Morgan fingerprint density at radius 2 is 2.59 bits per heavy atom. The summed E-state index contributed by atoms with van der Waals surface area (Å²) >= 11 is 1.37. The third kappa shape index (κ3) is 2.95. The number of hydrogen-bond donors (Lipinski definition) is 1. The first-order valence-electron chi connectivity index (χ1n) is 5.76. The molecule has 0 aromatic carbocycles. The Morgan fingerprint density at radius 1 is 1.76 bits per heavy atom. The monoisotopic (exact) mass is 256 g/mol. The van der Waals surface area contributed by atoms with Crippen molar-refractivity contribution in [2.75, 3.05) is 24.6 Å². The fraction of sp³-hybridized carbons (Fsp3) is 0.636. The number of carbonyl (C=O) groups is 1. The molecule has 1 unspecified atom stereocenters. The van der Waals surface area contributed by atoms with Crippen LogP contribution >= 0.6 is 11.3 Å². The first-order chi connectivity index (χ1) is 8.20. The molecule has 1 N–H and O–H groups in total. The summed E-state index contributed by atoms with van der Waals surface area (Å²) < 4.78 is 5.58. The highest BCUT2D eigenvalue weighted by Crippen LogP contribution is 2.23. The maximum atomic E-state index is 10.8. The Kier molecular flexibility index (Phi) is 3.96. The molecule has 1 aliphatic rings. The van der Waals surface area contributed by atoms with Crippen LogP contribution in [0.3, 0.4) is 0 Å².